The molecule has 3 unspecified atom stereocenters. The zero-order valence-corrected chi connectivity index (χ0v) is 13.0. The normalized spacial score (nSPS) is 22.9. The molecule has 0 spiro atoms. The number of hydrogen-bond acceptors (Lipinski definition) is 4. The summed E-state index contributed by atoms with van der Waals surface area (Å²) in [6, 6.07) is 0.365. The van der Waals surface area contributed by atoms with Crippen molar-refractivity contribution in [3.05, 3.63) is 18.0 Å². The van der Waals surface area contributed by atoms with Crippen molar-refractivity contribution in [2.45, 2.75) is 38.3 Å². The minimum absolute atomic E-state index is 0.133. The van der Waals surface area contributed by atoms with Crippen molar-refractivity contribution >= 4 is 0 Å². The lowest BCUT2D eigenvalue weighted by Gasteiger charge is -2.35. The predicted molar refractivity (Wildman–Crippen MR) is 80.4 cm³/mol. The number of likely N-dealkylation sites (N-methyl/N-ethyl adjacent to an activating group) is 1. The van der Waals surface area contributed by atoms with Crippen LogP contribution in [0.5, 0.6) is 0 Å². The first-order valence-electron chi connectivity index (χ1n) is 7.64. The van der Waals surface area contributed by atoms with Crippen molar-refractivity contribution in [3.63, 3.8) is 0 Å². The van der Waals surface area contributed by atoms with Crippen LogP contribution < -0.4 is 5.73 Å². The second-order valence-electron chi connectivity index (χ2n) is 5.99. The Morgan fingerprint density at radius 3 is 2.95 bits per heavy atom. The Bertz CT molecular complexity index is 400. The van der Waals surface area contributed by atoms with E-state index in [0.717, 1.165) is 26.2 Å². The second kappa shape index (κ2) is 7.20. The highest BCUT2D eigenvalue weighted by Crippen LogP contribution is 2.26. The number of rotatable bonds is 6. The van der Waals surface area contributed by atoms with Gasteiger partial charge in [-0.25, -0.2) is 0 Å². The van der Waals surface area contributed by atoms with Crippen molar-refractivity contribution in [2.75, 3.05) is 26.8 Å². The summed E-state index contributed by atoms with van der Waals surface area (Å²) in [5, 5.41) is 4.29. The van der Waals surface area contributed by atoms with Crippen molar-refractivity contribution in [3.8, 4) is 0 Å². The van der Waals surface area contributed by atoms with E-state index < -0.39 is 0 Å². The number of aromatic nitrogens is 2. The first-order chi connectivity index (χ1) is 9.61. The molecular weight excluding hydrogens is 252 g/mol. The van der Waals surface area contributed by atoms with E-state index in [1.54, 1.807) is 0 Å². The van der Waals surface area contributed by atoms with Gasteiger partial charge >= 0.3 is 0 Å². The van der Waals surface area contributed by atoms with Crippen LogP contribution in [-0.4, -0.2) is 47.5 Å². The fourth-order valence-electron chi connectivity index (χ4n) is 3.12. The van der Waals surface area contributed by atoms with Crippen LogP contribution in [0.15, 0.2) is 12.4 Å². The summed E-state index contributed by atoms with van der Waals surface area (Å²) >= 11 is 0. The molecule has 1 saturated heterocycles. The summed E-state index contributed by atoms with van der Waals surface area (Å²) in [5.41, 5.74) is 7.56. The van der Waals surface area contributed by atoms with Crippen LogP contribution in [0.25, 0.3) is 0 Å². The molecule has 114 valence electrons. The summed E-state index contributed by atoms with van der Waals surface area (Å²) in [6.45, 7) is 4.98. The molecule has 0 aromatic carbocycles. The Morgan fingerprint density at radius 2 is 2.40 bits per heavy atom. The van der Waals surface area contributed by atoms with Gasteiger partial charge in [0.15, 0.2) is 0 Å². The average molecular weight is 280 g/mol. The Labute approximate surface area is 122 Å². The quantitative estimate of drug-likeness (QED) is 0.859. The highest BCUT2D eigenvalue weighted by molar-refractivity contribution is 5.13. The molecule has 2 N–H and O–H groups in total. The summed E-state index contributed by atoms with van der Waals surface area (Å²) in [6.07, 6.45) is 7.41. The van der Waals surface area contributed by atoms with Gasteiger partial charge in [-0.2, -0.15) is 5.10 Å². The van der Waals surface area contributed by atoms with E-state index in [0.29, 0.717) is 5.92 Å². The number of nitrogens with two attached hydrogens (primary N) is 1. The van der Waals surface area contributed by atoms with Crippen molar-refractivity contribution in [1.82, 2.24) is 14.7 Å². The molecule has 1 aliphatic heterocycles. The summed E-state index contributed by atoms with van der Waals surface area (Å²) in [5.74, 6) is 0.622. The maximum Gasteiger partial charge on any atom is 0.0538 e. The zero-order valence-electron chi connectivity index (χ0n) is 13.0. The Balaban J connectivity index is 2.05. The molecule has 2 heterocycles. The van der Waals surface area contributed by atoms with Crippen LogP contribution in [-0.2, 0) is 11.8 Å². The number of nitrogens with zero attached hydrogens (tertiary/aromatic N) is 3. The largest absolute Gasteiger partial charge is 0.381 e. The second-order valence-corrected chi connectivity index (χ2v) is 5.99. The first-order valence-corrected chi connectivity index (χ1v) is 7.64. The van der Waals surface area contributed by atoms with Gasteiger partial charge in [0.05, 0.1) is 18.8 Å². The monoisotopic (exact) mass is 280 g/mol. The van der Waals surface area contributed by atoms with Crippen molar-refractivity contribution in [1.29, 1.82) is 0 Å². The third kappa shape index (κ3) is 3.81. The molecule has 1 aromatic heterocycles. The molecule has 0 amide bonds. The van der Waals surface area contributed by atoms with Gasteiger partial charge < -0.3 is 10.5 Å². The van der Waals surface area contributed by atoms with Gasteiger partial charge in [-0.15, -0.1) is 0 Å². The van der Waals surface area contributed by atoms with Crippen molar-refractivity contribution in [2.24, 2.45) is 18.7 Å². The van der Waals surface area contributed by atoms with E-state index in [9.17, 15) is 0 Å². The van der Waals surface area contributed by atoms with Crippen molar-refractivity contribution < 1.29 is 4.74 Å². The molecule has 1 fully saturated rings. The number of aryl methyl sites for hydroxylation is 1. The van der Waals surface area contributed by atoms with Gasteiger partial charge in [-0.3, -0.25) is 9.58 Å². The fourth-order valence-corrected chi connectivity index (χ4v) is 3.12. The third-order valence-corrected chi connectivity index (χ3v) is 4.22. The van der Waals surface area contributed by atoms with Crippen LogP contribution in [0, 0.1) is 5.92 Å². The lowest BCUT2D eigenvalue weighted by molar-refractivity contribution is 0.0338. The fraction of sp³-hybridized carbons (Fsp3) is 0.800. The standard InChI is InChI=1S/C15H28N4O/c1-4-14(16)15(13-8-17-19(3)10-13)18(2)9-12-6-5-7-20-11-12/h8,10,12,14-15H,4-7,9,11,16H2,1-3H3. The van der Waals surface area contributed by atoms with E-state index in [-0.39, 0.29) is 12.1 Å². The molecular formula is C15H28N4O. The molecule has 20 heavy (non-hydrogen) atoms. The molecule has 1 aliphatic rings. The molecule has 0 aliphatic carbocycles. The predicted octanol–water partition coefficient (Wildman–Crippen LogP) is 1.56. The highest BCUT2D eigenvalue weighted by Gasteiger charge is 2.27. The summed E-state index contributed by atoms with van der Waals surface area (Å²) < 4.78 is 7.43. The Hall–Kier alpha value is -0.910. The maximum atomic E-state index is 6.35. The molecule has 2 rings (SSSR count). The molecule has 0 saturated carbocycles. The maximum absolute atomic E-state index is 6.35. The highest BCUT2D eigenvalue weighted by atomic mass is 16.5. The van der Waals surface area contributed by atoms with Gasteiger partial charge in [0.1, 0.15) is 0 Å². The molecule has 0 bridgehead atoms. The van der Waals surface area contributed by atoms with Crippen LogP contribution >= 0.6 is 0 Å². The van der Waals surface area contributed by atoms with Gasteiger partial charge in [0.25, 0.3) is 0 Å². The molecule has 5 heteroatoms. The molecule has 0 radical (unpaired) electrons. The van der Waals surface area contributed by atoms with E-state index >= 15 is 0 Å². The topological polar surface area (TPSA) is 56.3 Å². The minimum atomic E-state index is 0.133. The van der Waals surface area contributed by atoms with Gasteiger partial charge in [-0.1, -0.05) is 6.92 Å². The van der Waals surface area contributed by atoms with E-state index in [1.165, 1.54) is 18.4 Å². The Morgan fingerprint density at radius 1 is 1.60 bits per heavy atom. The first kappa shape index (κ1) is 15.5. The number of ether oxygens (including phenoxy) is 1. The minimum Gasteiger partial charge on any atom is -0.381 e. The van der Waals surface area contributed by atoms with Crippen LogP contribution in [0.3, 0.4) is 0 Å². The lowest BCUT2D eigenvalue weighted by atomic mass is 9.96. The van der Waals surface area contributed by atoms with Gasteiger partial charge in [0, 0.05) is 38.0 Å². The van der Waals surface area contributed by atoms with Crippen LogP contribution in [0.2, 0.25) is 0 Å². The van der Waals surface area contributed by atoms with Gasteiger partial charge in [-0.05, 0) is 32.2 Å². The summed E-state index contributed by atoms with van der Waals surface area (Å²) in [4.78, 5) is 2.38. The zero-order chi connectivity index (χ0) is 14.5. The molecule has 3 atom stereocenters. The summed E-state index contributed by atoms with van der Waals surface area (Å²) in [7, 11) is 4.12. The smallest absolute Gasteiger partial charge is 0.0538 e. The van der Waals surface area contributed by atoms with Crippen LogP contribution in [0.4, 0.5) is 0 Å². The lowest BCUT2D eigenvalue weighted by Crippen LogP contribution is -2.42. The Kier molecular flexibility index (Phi) is 5.57. The van der Waals surface area contributed by atoms with E-state index in [2.05, 4.69) is 30.2 Å². The third-order valence-electron chi connectivity index (χ3n) is 4.22. The van der Waals surface area contributed by atoms with E-state index in [4.69, 9.17) is 10.5 Å². The average Bonchev–Trinajstić information content (AvgIpc) is 2.86. The van der Waals surface area contributed by atoms with E-state index in [1.807, 2.05) is 17.9 Å². The number of hydrogen-bond donors (Lipinski definition) is 1. The molecule has 5 nitrogen and oxygen atoms in total. The molecule has 1 aromatic rings. The SMILES string of the molecule is CCC(N)C(c1cnn(C)c1)N(C)CC1CCCOC1. The van der Waals surface area contributed by atoms with Crippen LogP contribution in [0.1, 0.15) is 37.8 Å². The van der Waals surface area contributed by atoms with Gasteiger partial charge in [0.2, 0.25) is 0 Å².